The molecule has 0 atom stereocenters. The van der Waals surface area contributed by atoms with Gasteiger partial charge in [-0.25, -0.2) is 0 Å². The number of hydrogen-bond acceptors (Lipinski definition) is 0. The lowest BCUT2D eigenvalue weighted by Gasteiger charge is -2.14. The monoisotopic (exact) mass is 1410 g/mol. The van der Waals surface area contributed by atoms with Gasteiger partial charge in [-0.2, -0.15) is 0 Å². The molecule has 0 bridgehead atoms. The first-order valence-electron chi connectivity index (χ1n) is 38.6. The molecular weight excluding hydrogens is 1320 g/mol. The Labute approximate surface area is 647 Å². The second-order valence-corrected chi connectivity index (χ2v) is 30.3. The summed E-state index contributed by atoms with van der Waals surface area (Å²) in [6.45, 7) is 21.6. The Kier molecular flexibility index (Phi) is 20.1. The summed E-state index contributed by atoms with van der Waals surface area (Å²) >= 11 is 0. The summed E-state index contributed by atoms with van der Waals surface area (Å²) in [6.07, 6.45) is 0. The van der Waals surface area contributed by atoms with Gasteiger partial charge in [0, 0.05) is 0 Å². The molecular formula is C110H90. The summed E-state index contributed by atoms with van der Waals surface area (Å²) in [5, 5.41) is 26.4. The fraction of sp³-hybridized carbons (Fsp3) is 0.0909. The van der Waals surface area contributed by atoms with Crippen molar-refractivity contribution in [2.45, 2.75) is 69.2 Å². The zero-order chi connectivity index (χ0) is 75.5. The Morgan fingerprint density at radius 1 is 0.127 bits per heavy atom. The van der Waals surface area contributed by atoms with Crippen molar-refractivity contribution < 1.29 is 0 Å². The third-order valence-corrected chi connectivity index (χ3v) is 21.8. The van der Waals surface area contributed by atoms with Crippen molar-refractivity contribution in [3.8, 4) is 55.6 Å². The second kappa shape index (κ2) is 31.1. The Hall–Kier alpha value is -13.0. The third-order valence-electron chi connectivity index (χ3n) is 21.8. The summed E-state index contributed by atoms with van der Waals surface area (Å²) in [5.74, 6) is 0. The van der Waals surface area contributed by atoms with E-state index in [9.17, 15) is 0 Å². The predicted molar refractivity (Wildman–Crippen MR) is 482 cm³/mol. The molecule has 110 heavy (non-hydrogen) atoms. The Balaban J connectivity index is 0.000000104. The number of benzene rings is 20. The molecule has 0 heterocycles. The maximum Gasteiger partial charge on any atom is -0.00242 e. The van der Waals surface area contributed by atoms with Crippen molar-refractivity contribution in [1.29, 1.82) is 0 Å². The lowest BCUT2D eigenvalue weighted by atomic mass is 9.89. The average Bonchev–Trinajstić information content (AvgIpc) is 0.777. The number of fused-ring (bicyclic) bond motifs is 10. The molecule has 0 aliphatic carbocycles. The van der Waals surface area contributed by atoms with E-state index < -0.39 is 0 Å². The molecule has 20 aromatic carbocycles. The van der Waals surface area contributed by atoms with E-state index in [1.807, 2.05) is 0 Å². The summed E-state index contributed by atoms with van der Waals surface area (Å²) < 4.78 is 0. The van der Waals surface area contributed by atoms with Gasteiger partial charge in [-0.3, -0.25) is 0 Å². The topological polar surface area (TPSA) is 0 Å². The van der Waals surface area contributed by atoms with Gasteiger partial charge in [0.05, 0.1) is 0 Å². The largest absolute Gasteiger partial charge is 0.0620 e. The maximum atomic E-state index is 2.30. The Morgan fingerprint density at radius 3 is 0.755 bits per heavy atom. The van der Waals surface area contributed by atoms with Gasteiger partial charge in [0.2, 0.25) is 0 Å². The molecule has 530 valence electrons. The zero-order valence-electron chi connectivity index (χ0n) is 64.6. The van der Waals surface area contributed by atoms with Crippen LogP contribution in [0.15, 0.2) is 364 Å². The van der Waals surface area contributed by atoms with Crippen LogP contribution in [0.3, 0.4) is 0 Å². The van der Waals surface area contributed by atoms with Crippen molar-refractivity contribution >= 4 is 108 Å². The van der Waals surface area contributed by atoms with Gasteiger partial charge in [0.25, 0.3) is 0 Å². The van der Waals surface area contributed by atoms with Crippen LogP contribution >= 0.6 is 0 Å². The fourth-order valence-corrected chi connectivity index (χ4v) is 16.4. The molecule has 0 N–H and O–H groups in total. The molecule has 0 heteroatoms. The van der Waals surface area contributed by atoms with Crippen LogP contribution in [0.1, 0.15) is 55.6 Å². The molecule has 20 rings (SSSR count). The lowest BCUT2D eigenvalue weighted by molar-refractivity contribution is 1.47. The highest BCUT2D eigenvalue weighted by Gasteiger charge is 2.17. The molecule has 0 nitrogen and oxygen atoms in total. The van der Waals surface area contributed by atoms with Gasteiger partial charge >= 0.3 is 0 Å². The smallest absolute Gasteiger partial charge is 0.00242 e. The van der Waals surface area contributed by atoms with Gasteiger partial charge in [0.1, 0.15) is 0 Å². The summed E-state index contributed by atoms with van der Waals surface area (Å²) in [4.78, 5) is 0. The van der Waals surface area contributed by atoms with E-state index in [1.165, 1.54) is 219 Å². The quantitative estimate of drug-likeness (QED) is 0.151. The van der Waals surface area contributed by atoms with Crippen molar-refractivity contribution in [2.75, 3.05) is 0 Å². The van der Waals surface area contributed by atoms with Gasteiger partial charge in [-0.15, -0.1) is 0 Å². The molecule has 0 spiro atoms. The Morgan fingerprint density at radius 2 is 0.382 bits per heavy atom. The summed E-state index contributed by atoms with van der Waals surface area (Å²) in [7, 11) is 0. The number of hydrogen-bond donors (Lipinski definition) is 0. The van der Waals surface area contributed by atoms with E-state index in [-0.39, 0.29) is 0 Å². The molecule has 0 fully saturated rings. The highest BCUT2D eigenvalue weighted by atomic mass is 14.2. The first kappa shape index (κ1) is 71.3. The highest BCUT2D eigenvalue weighted by molar-refractivity contribution is 6.17. The van der Waals surface area contributed by atoms with Crippen LogP contribution in [0, 0.1) is 69.2 Å². The summed E-state index contributed by atoms with van der Waals surface area (Å²) in [6, 6.07) is 133. The normalized spacial score (nSPS) is 11.2. The first-order chi connectivity index (χ1) is 53.6. The van der Waals surface area contributed by atoms with Gasteiger partial charge in [0.15, 0.2) is 0 Å². The molecule has 0 aliphatic heterocycles. The minimum atomic E-state index is 1.29. The maximum absolute atomic E-state index is 2.30. The van der Waals surface area contributed by atoms with Gasteiger partial charge in [-0.1, -0.05) is 384 Å². The first-order valence-corrected chi connectivity index (χ1v) is 38.6. The van der Waals surface area contributed by atoms with Crippen molar-refractivity contribution in [2.24, 2.45) is 0 Å². The Bertz CT molecular complexity index is 6860. The van der Waals surface area contributed by atoms with Crippen LogP contribution in [0.25, 0.3) is 163 Å². The SMILES string of the molecule is Cc1ccc(-c2c3ccccc3cc3cc(C)ccc23)cc1.Cc1ccc(-c2c3ccccc3cc3ccc(C)cc23)cc1.Cc1ccc2c(-c3ccccc3C)c3ccccc3cc2c1.Cc1cccc(-c2c3ccccc3cc3cc(C)ccc23)c1.Cc1cccc(-c2c3ccccc3cc3ccc(C)cc23)c1. The van der Waals surface area contributed by atoms with Crippen LogP contribution in [-0.2, 0) is 0 Å². The van der Waals surface area contributed by atoms with Crippen LogP contribution in [0.4, 0.5) is 0 Å². The van der Waals surface area contributed by atoms with E-state index in [4.69, 9.17) is 0 Å². The second-order valence-electron chi connectivity index (χ2n) is 30.3. The number of rotatable bonds is 5. The highest BCUT2D eigenvalue weighted by Crippen LogP contribution is 2.43. The zero-order valence-corrected chi connectivity index (χ0v) is 64.6. The van der Waals surface area contributed by atoms with E-state index in [2.05, 4.69) is 433 Å². The molecule has 0 amide bonds. The minimum absolute atomic E-state index is 1.29. The van der Waals surface area contributed by atoms with Crippen molar-refractivity contribution in [1.82, 2.24) is 0 Å². The van der Waals surface area contributed by atoms with Crippen LogP contribution in [0.5, 0.6) is 0 Å². The van der Waals surface area contributed by atoms with Gasteiger partial charge in [-0.05, 0) is 268 Å². The van der Waals surface area contributed by atoms with Crippen molar-refractivity contribution in [3.05, 3.63) is 420 Å². The van der Waals surface area contributed by atoms with Crippen LogP contribution in [0.2, 0.25) is 0 Å². The van der Waals surface area contributed by atoms with Crippen LogP contribution < -0.4 is 0 Å². The molecule has 0 saturated carbocycles. The predicted octanol–water partition coefficient (Wildman–Crippen LogP) is 31.4. The van der Waals surface area contributed by atoms with Crippen molar-refractivity contribution in [3.63, 3.8) is 0 Å². The molecule has 0 aliphatic rings. The van der Waals surface area contributed by atoms with Gasteiger partial charge < -0.3 is 0 Å². The van der Waals surface area contributed by atoms with E-state index in [1.54, 1.807) is 0 Å². The summed E-state index contributed by atoms with van der Waals surface area (Å²) in [5.41, 5.74) is 26.3. The molecule has 20 aromatic rings. The minimum Gasteiger partial charge on any atom is -0.0620 e. The number of aryl methyl sites for hydroxylation is 10. The van der Waals surface area contributed by atoms with E-state index >= 15 is 0 Å². The molecule has 0 radical (unpaired) electrons. The lowest BCUT2D eigenvalue weighted by Crippen LogP contribution is -1.88. The standard InChI is InChI=1S/5C22H18/c1-15-11-12-21-18(13-15)14-17-8-4-6-10-20(17)22(21)19-9-5-3-7-16(19)2;1-15-6-5-8-19(12-15)22-20-9-4-3-7-17(20)14-18-11-10-16(2)13-21(18)22;1-15-6-5-8-18(12-15)22-20-9-4-3-7-17(20)14-19-13-16(2)10-11-21(19)22;1-15-7-10-17(11-8-15)22-20-6-4-3-5-18(20)14-19-13-16(2)9-12-21(19)22;1-15-7-10-17(11-8-15)22-20-6-4-3-5-18(20)14-19-12-9-16(2)13-21(19)22/h5*3-14H,1-2H3. The molecule has 0 saturated heterocycles. The van der Waals surface area contributed by atoms with Crippen LogP contribution in [-0.4, -0.2) is 0 Å². The molecule has 0 aromatic heterocycles. The van der Waals surface area contributed by atoms with E-state index in [0.29, 0.717) is 0 Å². The van der Waals surface area contributed by atoms with E-state index in [0.717, 1.165) is 0 Å². The fourth-order valence-electron chi connectivity index (χ4n) is 16.4. The average molecular weight is 1410 g/mol. The molecule has 0 unspecified atom stereocenters. The third kappa shape index (κ3) is 14.8.